The Labute approximate surface area is 120 Å². The summed E-state index contributed by atoms with van der Waals surface area (Å²) in [6, 6.07) is 4.48. The number of hydrogen-bond donors (Lipinski definition) is 1. The molecule has 0 bridgehead atoms. The second-order valence-corrected chi connectivity index (χ2v) is 5.58. The summed E-state index contributed by atoms with van der Waals surface area (Å²) >= 11 is 3.18. The Kier molecular flexibility index (Phi) is 5.34. The van der Waals surface area contributed by atoms with Crippen LogP contribution in [0, 0.1) is 11.7 Å². The normalized spacial score (nSPS) is 14.4. The molecule has 1 aliphatic carbocycles. The Hall–Kier alpha value is -0.940. The number of carbonyl (C=O) groups excluding carboxylic acids is 1. The van der Waals surface area contributed by atoms with Crippen molar-refractivity contribution in [2.45, 2.75) is 19.3 Å². The number of carbonyl (C=O) groups is 1. The van der Waals surface area contributed by atoms with Crippen molar-refractivity contribution in [1.29, 1.82) is 0 Å². The molecule has 0 heterocycles. The zero-order chi connectivity index (χ0) is 13.7. The molecule has 1 aliphatic rings. The molecule has 1 N–H and O–H groups in total. The van der Waals surface area contributed by atoms with Gasteiger partial charge in [0, 0.05) is 24.2 Å². The fraction of sp³-hybridized carbons (Fsp3) is 0.500. The first-order valence-electron chi connectivity index (χ1n) is 6.48. The molecule has 3 nitrogen and oxygen atoms in total. The minimum absolute atomic E-state index is 0.0569. The lowest BCUT2D eigenvalue weighted by molar-refractivity contribution is 0.0932. The van der Waals surface area contributed by atoms with E-state index in [9.17, 15) is 9.18 Å². The van der Waals surface area contributed by atoms with Crippen LogP contribution in [0.4, 0.5) is 4.39 Å². The molecule has 104 valence electrons. The van der Waals surface area contributed by atoms with Crippen LogP contribution in [-0.4, -0.2) is 25.7 Å². The third-order valence-corrected chi connectivity index (χ3v) is 3.65. The summed E-state index contributed by atoms with van der Waals surface area (Å²) in [5.41, 5.74) is 0.0569. The molecule has 1 saturated carbocycles. The molecule has 0 atom stereocenters. The van der Waals surface area contributed by atoms with Crippen molar-refractivity contribution in [3.8, 4) is 0 Å². The van der Waals surface area contributed by atoms with Gasteiger partial charge in [-0.3, -0.25) is 4.79 Å². The van der Waals surface area contributed by atoms with E-state index in [-0.39, 0.29) is 5.56 Å². The summed E-state index contributed by atoms with van der Waals surface area (Å²) in [4.78, 5) is 11.8. The summed E-state index contributed by atoms with van der Waals surface area (Å²) in [5, 5.41) is 2.70. The quantitative estimate of drug-likeness (QED) is 0.780. The van der Waals surface area contributed by atoms with Gasteiger partial charge in [0.1, 0.15) is 5.82 Å². The highest BCUT2D eigenvalue weighted by atomic mass is 79.9. The lowest BCUT2D eigenvalue weighted by Crippen LogP contribution is -2.26. The van der Waals surface area contributed by atoms with Crippen LogP contribution in [0.25, 0.3) is 0 Å². The maximum atomic E-state index is 13.5. The summed E-state index contributed by atoms with van der Waals surface area (Å²) < 4.78 is 19.4. The molecular formula is C14H17BrFNO2. The molecule has 5 heteroatoms. The van der Waals surface area contributed by atoms with Crippen molar-refractivity contribution in [2.24, 2.45) is 5.92 Å². The van der Waals surface area contributed by atoms with Crippen LogP contribution in [-0.2, 0) is 4.74 Å². The number of halogens is 2. The van der Waals surface area contributed by atoms with Crippen LogP contribution in [0.5, 0.6) is 0 Å². The van der Waals surface area contributed by atoms with Gasteiger partial charge in [-0.1, -0.05) is 6.07 Å². The third-order valence-electron chi connectivity index (χ3n) is 2.99. The van der Waals surface area contributed by atoms with E-state index in [1.807, 2.05) is 0 Å². The fourth-order valence-electron chi connectivity index (χ4n) is 1.71. The van der Waals surface area contributed by atoms with Gasteiger partial charge < -0.3 is 10.1 Å². The maximum absolute atomic E-state index is 13.5. The first-order chi connectivity index (χ1) is 9.18. The van der Waals surface area contributed by atoms with Gasteiger partial charge in [0.2, 0.25) is 0 Å². The fourth-order valence-corrected chi connectivity index (χ4v) is 2.24. The van der Waals surface area contributed by atoms with Gasteiger partial charge in [0.15, 0.2) is 0 Å². The number of nitrogens with one attached hydrogen (secondary N) is 1. The smallest absolute Gasteiger partial charge is 0.255 e. The van der Waals surface area contributed by atoms with Crippen molar-refractivity contribution in [3.63, 3.8) is 0 Å². The van der Waals surface area contributed by atoms with Crippen molar-refractivity contribution in [1.82, 2.24) is 5.32 Å². The number of hydrogen-bond acceptors (Lipinski definition) is 2. The van der Waals surface area contributed by atoms with E-state index in [0.717, 1.165) is 18.9 Å². The molecule has 0 radical (unpaired) electrons. The minimum Gasteiger partial charge on any atom is -0.381 e. The predicted octanol–water partition coefficient (Wildman–Crippen LogP) is 3.13. The lowest BCUT2D eigenvalue weighted by Gasteiger charge is -2.08. The van der Waals surface area contributed by atoms with Crippen molar-refractivity contribution in [2.75, 3.05) is 19.8 Å². The summed E-state index contributed by atoms with van der Waals surface area (Å²) in [7, 11) is 0. The van der Waals surface area contributed by atoms with Crippen molar-refractivity contribution in [3.05, 3.63) is 34.1 Å². The Bertz CT molecular complexity index is 429. The average Bonchev–Trinajstić information content (AvgIpc) is 3.17. The van der Waals surface area contributed by atoms with E-state index in [2.05, 4.69) is 21.2 Å². The summed E-state index contributed by atoms with van der Waals surface area (Å²) in [6.45, 7) is 1.95. The predicted molar refractivity (Wildman–Crippen MR) is 74.6 cm³/mol. The van der Waals surface area contributed by atoms with Crippen LogP contribution >= 0.6 is 15.9 Å². The van der Waals surface area contributed by atoms with Crippen LogP contribution < -0.4 is 5.32 Å². The van der Waals surface area contributed by atoms with E-state index in [4.69, 9.17) is 4.74 Å². The van der Waals surface area contributed by atoms with Gasteiger partial charge in [-0.15, -0.1) is 0 Å². The third kappa shape index (κ3) is 4.58. The van der Waals surface area contributed by atoms with Gasteiger partial charge in [0.25, 0.3) is 5.91 Å². The molecule has 0 aliphatic heterocycles. The van der Waals surface area contributed by atoms with Gasteiger partial charge in [-0.25, -0.2) is 4.39 Å². The Morgan fingerprint density at radius 1 is 1.47 bits per heavy atom. The minimum atomic E-state index is -0.517. The van der Waals surface area contributed by atoms with E-state index < -0.39 is 11.7 Å². The molecule has 19 heavy (non-hydrogen) atoms. The second kappa shape index (κ2) is 7.01. The molecule has 0 aromatic heterocycles. The second-order valence-electron chi connectivity index (χ2n) is 4.72. The van der Waals surface area contributed by atoms with Crippen LogP contribution in [0.1, 0.15) is 29.6 Å². The molecule has 1 fully saturated rings. The van der Waals surface area contributed by atoms with Crippen LogP contribution in [0.2, 0.25) is 0 Å². The first-order valence-corrected chi connectivity index (χ1v) is 7.27. The van der Waals surface area contributed by atoms with Gasteiger partial charge >= 0.3 is 0 Å². The Balaban J connectivity index is 1.68. The van der Waals surface area contributed by atoms with Crippen molar-refractivity contribution >= 4 is 21.8 Å². The molecule has 0 spiro atoms. The lowest BCUT2D eigenvalue weighted by atomic mass is 10.2. The number of amides is 1. The van der Waals surface area contributed by atoms with Gasteiger partial charge in [-0.05, 0) is 53.2 Å². The summed E-state index contributed by atoms with van der Waals surface area (Å²) in [6.07, 6.45) is 3.29. The highest BCUT2D eigenvalue weighted by molar-refractivity contribution is 9.10. The number of ether oxygens (including phenoxy) is 1. The molecule has 1 amide bonds. The molecule has 1 aromatic rings. The SMILES string of the molecule is O=C(NCCCOCC1CC1)c1c(F)cccc1Br. The van der Waals surface area contributed by atoms with Gasteiger partial charge in [-0.2, -0.15) is 0 Å². The van der Waals surface area contributed by atoms with Crippen LogP contribution in [0.3, 0.4) is 0 Å². The highest BCUT2D eigenvalue weighted by Gasteiger charge is 2.20. The molecule has 0 unspecified atom stereocenters. The highest BCUT2D eigenvalue weighted by Crippen LogP contribution is 2.28. The van der Waals surface area contributed by atoms with E-state index in [0.29, 0.717) is 17.6 Å². The molecular weight excluding hydrogens is 313 g/mol. The molecule has 0 saturated heterocycles. The van der Waals surface area contributed by atoms with Crippen LogP contribution in [0.15, 0.2) is 22.7 Å². The Morgan fingerprint density at radius 2 is 2.26 bits per heavy atom. The van der Waals surface area contributed by atoms with E-state index >= 15 is 0 Å². The largest absolute Gasteiger partial charge is 0.381 e. The Morgan fingerprint density at radius 3 is 2.95 bits per heavy atom. The summed E-state index contributed by atoms with van der Waals surface area (Å²) in [5.74, 6) is -0.159. The number of benzene rings is 1. The van der Waals surface area contributed by atoms with E-state index in [1.165, 1.54) is 18.9 Å². The van der Waals surface area contributed by atoms with Crippen molar-refractivity contribution < 1.29 is 13.9 Å². The number of rotatable bonds is 7. The van der Waals surface area contributed by atoms with Gasteiger partial charge in [0.05, 0.1) is 5.56 Å². The standard InChI is InChI=1S/C14H17BrFNO2/c15-11-3-1-4-12(16)13(11)14(18)17-7-2-8-19-9-10-5-6-10/h1,3-4,10H,2,5-9H2,(H,17,18). The van der Waals surface area contributed by atoms with E-state index in [1.54, 1.807) is 12.1 Å². The molecule has 1 aromatic carbocycles. The monoisotopic (exact) mass is 329 g/mol. The molecule has 2 rings (SSSR count). The zero-order valence-electron chi connectivity index (χ0n) is 10.6. The first kappa shape index (κ1) is 14.5. The average molecular weight is 330 g/mol. The maximum Gasteiger partial charge on any atom is 0.255 e. The topological polar surface area (TPSA) is 38.3 Å². The zero-order valence-corrected chi connectivity index (χ0v) is 12.2.